The van der Waals surface area contributed by atoms with E-state index in [-0.39, 0.29) is 5.97 Å². The average molecular weight is 493 g/mol. The summed E-state index contributed by atoms with van der Waals surface area (Å²) in [4.78, 5) is 11.8. The minimum absolute atomic E-state index is 0.00876. The summed E-state index contributed by atoms with van der Waals surface area (Å²) in [6.07, 6.45) is 38.8. The van der Waals surface area contributed by atoms with Crippen LogP contribution in [0.1, 0.15) is 187 Å². The van der Waals surface area contributed by atoms with Crippen molar-refractivity contribution in [1.29, 1.82) is 0 Å². The molecule has 0 aliphatic heterocycles. The van der Waals surface area contributed by atoms with Gasteiger partial charge in [0.25, 0.3) is 0 Å². The molecule has 2 nitrogen and oxygen atoms in total. The lowest BCUT2D eigenvalue weighted by Crippen LogP contribution is -2.05. The molecule has 0 radical (unpaired) electrons. The zero-order valence-electron chi connectivity index (χ0n) is 24.1. The Morgan fingerprint density at radius 3 is 1.26 bits per heavy atom. The summed E-state index contributed by atoms with van der Waals surface area (Å²) in [6, 6.07) is 0. The number of carbonyl (C=O) groups is 1. The normalized spacial score (nSPS) is 11.1. The van der Waals surface area contributed by atoms with E-state index in [0.717, 1.165) is 25.7 Å². The predicted octanol–water partition coefficient (Wildman–Crippen LogP) is 11.7. The minimum Gasteiger partial charge on any atom is -0.466 e. The highest BCUT2D eigenvalue weighted by Crippen LogP contribution is 2.15. The number of allylic oxidation sites excluding steroid dienone is 1. The lowest BCUT2D eigenvalue weighted by atomic mass is 10.0. The first-order chi connectivity index (χ1) is 17.3. The minimum atomic E-state index is 0.00876. The Morgan fingerprint density at radius 2 is 0.857 bits per heavy atom. The third kappa shape index (κ3) is 31.2. The highest BCUT2D eigenvalue weighted by Gasteiger charge is 2.02. The summed E-state index contributed by atoms with van der Waals surface area (Å²) in [5.74, 6) is 0.00876. The Morgan fingerprint density at radius 1 is 0.514 bits per heavy atom. The number of carbonyl (C=O) groups excluding carboxylic acids is 1. The molecule has 0 saturated carbocycles. The Labute approximate surface area is 221 Å². The summed E-state index contributed by atoms with van der Waals surface area (Å²) >= 11 is 0. The summed E-state index contributed by atoms with van der Waals surface area (Å²) < 4.78 is 5.39. The lowest BCUT2D eigenvalue weighted by molar-refractivity contribution is -0.143. The van der Waals surface area contributed by atoms with Crippen LogP contribution in [0.2, 0.25) is 0 Å². The molecule has 0 aromatic carbocycles. The molecule has 0 amide bonds. The molecule has 0 aliphatic rings. The van der Waals surface area contributed by atoms with E-state index in [2.05, 4.69) is 13.5 Å². The number of hydrogen-bond donors (Lipinski definition) is 0. The van der Waals surface area contributed by atoms with Gasteiger partial charge in [0.2, 0.25) is 0 Å². The summed E-state index contributed by atoms with van der Waals surface area (Å²) in [7, 11) is 0. The zero-order valence-corrected chi connectivity index (χ0v) is 24.1. The van der Waals surface area contributed by atoms with Gasteiger partial charge >= 0.3 is 5.97 Å². The predicted molar refractivity (Wildman–Crippen MR) is 156 cm³/mol. The van der Waals surface area contributed by atoms with Gasteiger partial charge in [0.15, 0.2) is 0 Å². The standard InChI is InChI=1S/C33H64O2/c1-3-5-7-9-11-13-14-15-16-17-18-19-20-21-22-23-24-26-28-30-32-35-33(34)31-29-27-25-12-10-8-6-4-2/h4H,2-3,5-32H2,1H3. The molecule has 35 heavy (non-hydrogen) atoms. The zero-order chi connectivity index (χ0) is 25.5. The maximum atomic E-state index is 11.8. The van der Waals surface area contributed by atoms with Crippen molar-refractivity contribution in [3.63, 3.8) is 0 Å². The molecule has 0 saturated heterocycles. The first kappa shape index (κ1) is 34.2. The highest BCUT2D eigenvalue weighted by molar-refractivity contribution is 5.69. The molecule has 0 rings (SSSR count). The molecule has 0 spiro atoms. The van der Waals surface area contributed by atoms with Crippen LogP contribution in [-0.2, 0) is 9.53 Å². The number of esters is 1. The molecule has 2 heteroatoms. The van der Waals surface area contributed by atoms with Gasteiger partial charge in [-0.2, -0.15) is 0 Å². The second kappa shape index (κ2) is 31.2. The van der Waals surface area contributed by atoms with E-state index in [1.54, 1.807) is 0 Å². The molecule has 0 unspecified atom stereocenters. The van der Waals surface area contributed by atoms with E-state index in [9.17, 15) is 4.79 Å². The van der Waals surface area contributed by atoms with Crippen molar-refractivity contribution in [2.45, 2.75) is 187 Å². The average Bonchev–Trinajstić information content (AvgIpc) is 2.86. The molecule has 0 aliphatic carbocycles. The van der Waals surface area contributed by atoms with Gasteiger partial charge in [-0.25, -0.2) is 0 Å². The molecule has 0 aromatic heterocycles. The van der Waals surface area contributed by atoms with Gasteiger partial charge in [-0.3, -0.25) is 4.79 Å². The molecule has 0 aromatic rings. The van der Waals surface area contributed by atoms with Crippen LogP contribution in [0.5, 0.6) is 0 Å². The number of rotatable bonds is 30. The fourth-order valence-electron chi connectivity index (χ4n) is 4.88. The molecular weight excluding hydrogens is 428 g/mol. The summed E-state index contributed by atoms with van der Waals surface area (Å²) in [5.41, 5.74) is 0. The van der Waals surface area contributed by atoms with Crippen LogP contribution in [0.25, 0.3) is 0 Å². The number of unbranched alkanes of at least 4 members (excludes halogenated alkanes) is 25. The number of ether oxygens (including phenoxy) is 1. The van der Waals surface area contributed by atoms with Crippen molar-refractivity contribution in [2.75, 3.05) is 6.61 Å². The largest absolute Gasteiger partial charge is 0.466 e. The van der Waals surface area contributed by atoms with E-state index >= 15 is 0 Å². The maximum absolute atomic E-state index is 11.8. The molecular formula is C33H64O2. The van der Waals surface area contributed by atoms with Gasteiger partial charge in [0.05, 0.1) is 6.61 Å². The quantitative estimate of drug-likeness (QED) is 0.0566. The van der Waals surface area contributed by atoms with Crippen molar-refractivity contribution in [2.24, 2.45) is 0 Å². The van der Waals surface area contributed by atoms with Crippen molar-refractivity contribution >= 4 is 5.97 Å². The maximum Gasteiger partial charge on any atom is 0.305 e. The first-order valence-electron chi connectivity index (χ1n) is 16.1. The highest BCUT2D eigenvalue weighted by atomic mass is 16.5. The van der Waals surface area contributed by atoms with Crippen LogP contribution in [0.15, 0.2) is 12.7 Å². The van der Waals surface area contributed by atoms with E-state index in [0.29, 0.717) is 13.0 Å². The molecule has 0 fully saturated rings. The third-order valence-corrected chi connectivity index (χ3v) is 7.30. The smallest absolute Gasteiger partial charge is 0.305 e. The second-order valence-corrected chi connectivity index (χ2v) is 10.9. The number of hydrogen-bond acceptors (Lipinski definition) is 2. The van der Waals surface area contributed by atoms with Crippen molar-refractivity contribution < 1.29 is 9.53 Å². The van der Waals surface area contributed by atoms with Crippen molar-refractivity contribution in [1.82, 2.24) is 0 Å². The van der Waals surface area contributed by atoms with Crippen LogP contribution in [0, 0.1) is 0 Å². The lowest BCUT2D eigenvalue weighted by Gasteiger charge is -2.06. The Kier molecular flexibility index (Phi) is 30.5. The van der Waals surface area contributed by atoms with Gasteiger partial charge in [-0.05, 0) is 25.7 Å². The van der Waals surface area contributed by atoms with E-state index in [1.165, 1.54) is 148 Å². The van der Waals surface area contributed by atoms with E-state index < -0.39 is 0 Å². The summed E-state index contributed by atoms with van der Waals surface area (Å²) in [6.45, 7) is 6.67. The molecule has 0 heterocycles. The van der Waals surface area contributed by atoms with Crippen LogP contribution in [0.3, 0.4) is 0 Å². The third-order valence-electron chi connectivity index (χ3n) is 7.30. The Balaban J connectivity index is 3.11. The fraction of sp³-hybridized carbons (Fsp3) is 0.909. The van der Waals surface area contributed by atoms with Crippen molar-refractivity contribution in [3.8, 4) is 0 Å². The Hall–Kier alpha value is -0.790. The van der Waals surface area contributed by atoms with Gasteiger partial charge in [0.1, 0.15) is 0 Å². The Bertz CT molecular complexity index is 417. The van der Waals surface area contributed by atoms with Crippen molar-refractivity contribution in [3.05, 3.63) is 12.7 Å². The summed E-state index contributed by atoms with van der Waals surface area (Å²) in [5, 5.41) is 0. The van der Waals surface area contributed by atoms with Crippen LogP contribution in [0.4, 0.5) is 0 Å². The molecule has 0 bridgehead atoms. The first-order valence-corrected chi connectivity index (χ1v) is 16.1. The SMILES string of the molecule is C=CCCCCCCCCC(=O)OCCCCCCCCCCCCCCCCCCCCCC. The van der Waals surface area contributed by atoms with Crippen LogP contribution >= 0.6 is 0 Å². The molecule has 208 valence electrons. The molecule has 0 atom stereocenters. The monoisotopic (exact) mass is 492 g/mol. The van der Waals surface area contributed by atoms with E-state index in [1.807, 2.05) is 6.08 Å². The van der Waals surface area contributed by atoms with Gasteiger partial charge in [-0.1, -0.05) is 161 Å². The van der Waals surface area contributed by atoms with Gasteiger partial charge in [0, 0.05) is 6.42 Å². The van der Waals surface area contributed by atoms with Crippen LogP contribution in [-0.4, -0.2) is 12.6 Å². The van der Waals surface area contributed by atoms with Gasteiger partial charge in [-0.15, -0.1) is 6.58 Å². The van der Waals surface area contributed by atoms with Crippen LogP contribution < -0.4 is 0 Å². The molecule has 0 N–H and O–H groups in total. The topological polar surface area (TPSA) is 26.3 Å². The van der Waals surface area contributed by atoms with Gasteiger partial charge < -0.3 is 4.74 Å². The second-order valence-electron chi connectivity index (χ2n) is 10.9. The fourth-order valence-corrected chi connectivity index (χ4v) is 4.88. The van der Waals surface area contributed by atoms with E-state index in [4.69, 9.17) is 4.74 Å².